The maximum atomic E-state index is 13.1. The fraction of sp³-hybridized carbons (Fsp3) is 0.200. The second kappa shape index (κ2) is 6.16. The van der Waals surface area contributed by atoms with Gasteiger partial charge in [0.1, 0.15) is 5.82 Å². The lowest BCUT2D eigenvalue weighted by atomic mass is 9.96. The van der Waals surface area contributed by atoms with Crippen molar-refractivity contribution in [3.63, 3.8) is 0 Å². The molecule has 19 heavy (non-hydrogen) atoms. The molecule has 0 aliphatic carbocycles. The van der Waals surface area contributed by atoms with Crippen molar-refractivity contribution >= 4 is 31.9 Å². The first-order chi connectivity index (χ1) is 8.97. The van der Waals surface area contributed by atoms with Crippen molar-refractivity contribution in [2.75, 3.05) is 0 Å². The van der Waals surface area contributed by atoms with Crippen LogP contribution in [0, 0.1) is 12.7 Å². The molecule has 0 aliphatic rings. The van der Waals surface area contributed by atoms with Crippen molar-refractivity contribution in [2.45, 2.75) is 19.4 Å². The Bertz CT molecular complexity index is 599. The fourth-order valence-electron chi connectivity index (χ4n) is 2.04. The lowest BCUT2D eigenvalue weighted by molar-refractivity contribution is 0.624. The van der Waals surface area contributed by atoms with Crippen LogP contribution in [0.4, 0.5) is 4.39 Å². The molecule has 2 N–H and O–H groups in total. The molecule has 100 valence electrons. The van der Waals surface area contributed by atoms with E-state index in [1.54, 1.807) is 6.07 Å². The molecular formula is C15H14Br2FN. The molecule has 1 nitrogen and oxygen atoms in total. The van der Waals surface area contributed by atoms with E-state index in [4.69, 9.17) is 5.73 Å². The molecule has 0 spiro atoms. The average molecular weight is 387 g/mol. The van der Waals surface area contributed by atoms with Gasteiger partial charge in [0, 0.05) is 15.0 Å². The second-order valence-corrected chi connectivity index (χ2v) is 6.32. The number of benzene rings is 2. The maximum absolute atomic E-state index is 13.1. The summed E-state index contributed by atoms with van der Waals surface area (Å²) in [6.07, 6.45) is 0.665. The normalized spacial score (nSPS) is 12.5. The van der Waals surface area contributed by atoms with Gasteiger partial charge in [-0.3, -0.25) is 0 Å². The van der Waals surface area contributed by atoms with E-state index in [0.717, 1.165) is 25.6 Å². The highest BCUT2D eigenvalue weighted by atomic mass is 79.9. The minimum Gasteiger partial charge on any atom is -0.324 e. The summed E-state index contributed by atoms with van der Waals surface area (Å²) in [6, 6.07) is 10.7. The number of hydrogen-bond acceptors (Lipinski definition) is 1. The van der Waals surface area contributed by atoms with Crippen molar-refractivity contribution in [1.82, 2.24) is 0 Å². The summed E-state index contributed by atoms with van der Waals surface area (Å²) in [5.41, 5.74) is 9.54. The number of rotatable bonds is 3. The van der Waals surface area contributed by atoms with Gasteiger partial charge in [0.25, 0.3) is 0 Å². The van der Waals surface area contributed by atoms with Crippen LogP contribution in [-0.2, 0) is 6.42 Å². The highest BCUT2D eigenvalue weighted by Crippen LogP contribution is 2.26. The Morgan fingerprint density at radius 1 is 1.16 bits per heavy atom. The van der Waals surface area contributed by atoms with Gasteiger partial charge in [0.15, 0.2) is 0 Å². The quantitative estimate of drug-likeness (QED) is 0.797. The number of nitrogens with two attached hydrogens (primary N) is 1. The predicted molar refractivity (Wildman–Crippen MR) is 83.6 cm³/mol. The molecule has 2 aromatic carbocycles. The van der Waals surface area contributed by atoms with Gasteiger partial charge in [-0.05, 0) is 54.3 Å². The van der Waals surface area contributed by atoms with Crippen molar-refractivity contribution in [3.05, 3.63) is 67.9 Å². The van der Waals surface area contributed by atoms with Crippen LogP contribution in [0.1, 0.15) is 22.7 Å². The van der Waals surface area contributed by atoms with E-state index in [9.17, 15) is 4.39 Å². The standard InChI is InChI=1S/C15H14Br2FN/c1-9-2-4-11(16)7-13(9)15(19)6-10-3-5-12(18)8-14(10)17/h2-5,7-8,15H,6,19H2,1H3. The first kappa shape index (κ1) is 14.7. The molecular weight excluding hydrogens is 373 g/mol. The highest BCUT2D eigenvalue weighted by molar-refractivity contribution is 9.10. The van der Waals surface area contributed by atoms with Crippen LogP contribution >= 0.6 is 31.9 Å². The molecule has 4 heteroatoms. The third kappa shape index (κ3) is 3.65. The Kier molecular flexibility index (Phi) is 4.76. The van der Waals surface area contributed by atoms with Gasteiger partial charge >= 0.3 is 0 Å². The van der Waals surface area contributed by atoms with Crippen LogP contribution in [0.25, 0.3) is 0 Å². The van der Waals surface area contributed by atoms with E-state index in [1.807, 2.05) is 25.1 Å². The molecule has 0 amide bonds. The second-order valence-electron chi connectivity index (χ2n) is 4.55. The van der Waals surface area contributed by atoms with Crippen LogP contribution in [0.5, 0.6) is 0 Å². The van der Waals surface area contributed by atoms with Crippen molar-refractivity contribution in [2.24, 2.45) is 5.73 Å². The smallest absolute Gasteiger partial charge is 0.124 e. The summed E-state index contributed by atoms with van der Waals surface area (Å²) in [5, 5.41) is 0. The predicted octanol–water partition coefficient (Wildman–Crippen LogP) is 4.90. The topological polar surface area (TPSA) is 26.0 Å². The van der Waals surface area contributed by atoms with E-state index in [1.165, 1.54) is 12.1 Å². The van der Waals surface area contributed by atoms with Crippen molar-refractivity contribution in [3.8, 4) is 0 Å². The Balaban J connectivity index is 2.25. The van der Waals surface area contributed by atoms with Crippen LogP contribution in [0.15, 0.2) is 45.3 Å². The SMILES string of the molecule is Cc1ccc(Br)cc1C(N)Cc1ccc(F)cc1Br. The molecule has 0 aromatic heterocycles. The molecule has 0 saturated heterocycles. The third-order valence-electron chi connectivity index (χ3n) is 3.10. The molecule has 0 saturated carbocycles. The zero-order valence-corrected chi connectivity index (χ0v) is 13.6. The third-order valence-corrected chi connectivity index (χ3v) is 4.33. The molecule has 0 aliphatic heterocycles. The Hall–Kier alpha value is -0.710. The number of hydrogen-bond donors (Lipinski definition) is 1. The average Bonchev–Trinajstić information content (AvgIpc) is 2.35. The summed E-state index contributed by atoms with van der Waals surface area (Å²) in [5.74, 6) is -0.247. The molecule has 0 bridgehead atoms. The zero-order chi connectivity index (χ0) is 14.0. The minimum absolute atomic E-state index is 0.112. The van der Waals surface area contributed by atoms with Crippen LogP contribution in [0.2, 0.25) is 0 Å². The Labute approximate surface area is 129 Å². The van der Waals surface area contributed by atoms with Gasteiger partial charge in [-0.1, -0.05) is 44.0 Å². The molecule has 0 radical (unpaired) electrons. The molecule has 2 rings (SSSR count). The lowest BCUT2D eigenvalue weighted by Gasteiger charge is -2.16. The fourth-order valence-corrected chi connectivity index (χ4v) is 2.94. The summed E-state index contributed by atoms with van der Waals surface area (Å²) in [7, 11) is 0. The van der Waals surface area contributed by atoms with Crippen LogP contribution in [0.3, 0.4) is 0 Å². The van der Waals surface area contributed by atoms with E-state index in [2.05, 4.69) is 31.9 Å². The van der Waals surface area contributed by atoms with Gasteiger partial charge in [0.05, 0.1) is 0 Å². The van der Waals surface area contributed by atoms with E-state index < -0.39 is 0 Å². The first-order valence-corrected chi connectivity index (χ1v) is 7.51. The van der Waals surface area contributed by atoms with Crippen LogP contribution in [-0.4, -0.2) is 0 Å². The van der Waals surface area contributed by atoms with E-state index in [0.29, 0.717) is 6.42 Å². The van der Waals surface area contributed by atoms with E-state index in [-0.39, 0.29) is 11.9 Å². The molecule has 0 fully saturated rings. The summed E-state index contributed by atoms with van der Waals surface area (Å²) in [4.78, 5) is 0. The highest BCUT2D eigenvalue weighted by Gasteiger charge is 2.12. The van der Waals surface area contributed by atoms with Crippen molar-refractivity contribution in [1.29, 1.82) is 0 Å². The van der Waals surface area contributed by atoms with Crippen LogP contribution < -0.4 is 5.73 Å². The minimum atomic E-state index is -0.247. The maximum Gasteiger partial charge on any atom is 0.124 e. The zero-order valence-electron chi connectivity index (χ0n) is 10.5. The molecule has 1 unspecified atom stereocenters. The Morgan fingerprint density at radius 2 is 1.89 bits per heavy atom. The number of halogens is 3. The van der Waals surface area contributed by atoms with Gasteiger partial charge < -0.3 is 5.73 Å². The number of aryl methyl sites for hydroxylation is 1. The van der Waals surface area contributed by atoms with Gasteiger partial charge in [-0.2, -0.15) is 0 Å². The summed E-state index contributed by atoms with van der Waals surface area (Å²) in [6.45, 7) is 2.04. The summed E-state index contributed by atoms with van der Waals surface area (Å²) < 4.78 is 14.8. The van der Waals surface area contributed by atoms with Crippen molar-refractivity contribution < 1.29 is 4.39 Å². The first-order valence-electron chi connectivity index (χ1n) is 5.93. The summed E-state index contributed by atoms with van der Waals surface area (Å²) >= 11 is 6.84. The Morgan fingerprint density at radius 3 is 2.58 bits per heavy atom. The molecule has 1 atom stereocenters. The lowest BCUT2D eigenvalue weighted by Crippen LogP contribution is -2.15. The molecule has 2 aromatic rings. The van der Waals surface area contributed by atoms with E-state index >= 15 is 0 Å². The monoisotopic (exact) mass is 385 g/mol. The van der Waals surface area contributed by atoms with Gasteiger partial charge in [-0.15, -0.1) is 0 Å². The largest absolute Gasteiger partial charge is 0.324 e. The molecule has 0 heterocycles. The van der Waals surface area contributed by atoms with Gasteiger partial charge in [-0.25, -0.2) is 4.39 Å². The van der Waals surface area contributed by atoms with Gasteiger partial charge in [0.2, 0.25) is 0 Å².